The molecule has 3 aromatic heterocycles. The van der Waals surface area contributed by atoms with Crippen LogP contribution in [0.15, 0.2) is 52.8 Å². The average Bonchev–Trinajstić information content (AvgIpc) is 3.43. The molecule has 0 bridgehead atoms. The van der Waals surface area contributed by atoms with Crippen LogP contribution in [-0.2, 0) is 17.8 Å². The van der Waals surface area contributed by atoms with Gasteiger partial charge < -0.3 is 5.32 Å². The standard InChI is InChI=1S/C21H24N4OS2/c26-20(17-4-9-25(10-5-17)14-18-3-1-2-7-22-18)24-19(21-23-8-12-28-21)13-16-6-11-27-15-16/h1-3,6-8,11-12,15,17,19H,4-5,9-10,13-14H2,(H,24,26). The van der Waals surface area contributed by atoms with Crippen molar-refractivity contribution < 1.29 is 4.79 Å². The summed E-state index contributed by atoms with van der Waals surface area (Å²) in [5.74, 6) is 0.234. The first-order valence-electron chi connectivity index (χ1n) is 9.61. The van der Waals surface area contributed by atoms with Gasteiger partial charge in [-0.1, -0.05) is 6.07 Å². The van der Waals surface area contributed by atoms with Crippen molar-refractivity contribution in [3.05, 3.63) is 69.1 Å². The van der Waals surface area contributed by atoms with Gasteiger partial charge in [-0.05, 0) is 60.5 Å². The molecule has 3 aromatic rings. The van der Waals surface area contributed by atoms with E-state index in [1.165, 1.54) is 5.56 Å². The highest BCUT2D eigenvalue weighted by atomic mass is 32.1. The number of pyridine rings is 1. The first-order chi connectivity index (χ1) is 13.8. The minimum absolute atomic E-state index is 0.0475. The number of amides is 1. The number of carbonyl (C=O) groups is 1. The van der Waals surface area contributed by atoms with Crippen molar-refractivity contribution in [3.63, 3.8) is 0 Å². The number of rotatable bonds is 7. The molecule has 0 aliphatic carbocycles. The summed E-state index contributed by atoms with van der Waals surface area (Å²) in [7, 11) is 0. The largest absolute Gasteiger partial charge is 0.346 e. The van der Waals surface area contributed by atoms with E-state index in [2.05, 4.69) is 43.1 Å². The molecule has 4 heterocycles. The Balaban J connectivity index is 1.32. The Labute approximate surface area is 173 Å². The number of thiazole rings is 1. The zero-order chi connectivity index (χ0) is 19.2. The third kappa shape index (κ3) is 5.04. The van der Waals surface area contributed by atoms with E-state index in [1.54, 1.807) is 22.7 Å². The number of piperidine rings is 1. The van der Waals surface area contributed by atoms with Crippen LogP contribution in [-0.4, -0.2) is 33.9 Å². The van der Waals surface area contributed by atoms with Gasteiger partial charge >= 0.3 is 0 Å². The monoisotopic (exact) mass is 412 g/mol. The molecule has 0 saturated carbocycles. The topological polar surface area (TPSA) is 58.1 Å². The van der Waals surface area contributed by atoms with E-state index in [1.807, 2.05) is 29.9 Å². The first-order valence-corrected chi connectivity index (χ1v) is 11.4. The lowest BCUT2D eigenvalue weighted by Gasteiger charge is -2.31. The van der Waals surface area contributed by atoms with Crippen LogP contribution >= 0.6 is 22.7 Å². The molecular weight excluding hydrogens is 388 g/mol. The number of hydrogen-bond acceptors (Lipinski definition) is 6. The summed E-state index contributed by atoms with van der Waals surface area (Å²) in [5, 5.41) is 10.4. The summed E-state index contributed by atoms with van der Waals surface area (Å²) in [6, 6.07) is 8.09. The highest BCUT2D eigenvalue weighted by Crippen LogP contribution is 2.24. The van der Waals surface area contributed by atoms with Gasteiger partial charge in [-0.25, -0.2) is 4.98 Å². The number of carbonyl (C=O) groups excluding carboxylic acids is 1. The smallest absolute Gasteiger partial charge is 0.223 e. The fourth-order valence-electron chi connectivity index (χ4n) is 3.61. The van der Waals surface area contributed by atoms with Crippen LogP contribution < -0.4 is 5.32 Å². The van der Waals surface area contributed by atoms with Gasteiger partial charge in [0.2, 0.25) is 5.91 Å². The van der Waals surface area contributed by atoms with E-state index in [4.69, 9.17) is 0 Å². The molecule has 1 unspecified atom stereocenters. The minimum atomic E-state index is -0.0475. The van der Waals surface area contributed by atoms with Crippen LogP contribution in [0, 0.1) is 5.92 Å². The van der Waals surface area contributed by atoms with Crippen molar-refractivity contribution in [2.75, 3.05) is 13.1 Å². The lowest BCUT2D eigenvalue weighted by atomic mass is 9.95. The molecule has 1 aliphatic rings. The number of aromatic nitrogens is 2. The van der Waals surface area contributed by atoms with Gasteiger partial charge in [-0.15, -0.1) is 11.3 Å². The van der Waals surface area contributed by atoms with E-state index in [9.17, 15) is 4.79 Å². The van der Waals surface area contributed by atoms with Crippen molar-refractivity contribution in [1.29, 1.82) is 0 Å². The molecule has 1 amide bonds. The third-order valence-electron chi connectivity index (χ3n) is 5.16. The van der Waals surface area contributed by atoms with Crippen LogP contribution in [0.4, 0.5) is 0 Å². The predicted molar refractivity (Wildman–Crippen MR) is 113 cm³/mol. The molecule has 7 heteroatoms. The Morgan fingerprint density at radius 2 is 2.07 bits per heavy atom. The van der Waals surface area contributed by atoms with Crippen molar-refractivity contribution >= 4 is 28.6 Å². The molecule has 5 nitrogen and oxygen atoms in total. The molecule has 1 aliphatic heterocycles. The lowest BCUT2D eigenvalue weighted by Crippen LogP contribution is -2.41. The maximum atomic E-state index is 12.9. The van der Waals surface area contributed by atoms with Gasteiger partial charge in [0.25, 0.3) is 0 Å². The highest BCUT2D eigenvalue weighted by Gasteiger charge is 2.27. The minimum Gasteiger partial charge on any atom is -0.346 e. The van der Waals surface area contributed by atoms with E-state index < -0.39 is 0 Å². The second-order valence-electron chi connectivity index (χ2n) is 7.14. The predicted octanol–water partition coefficient (Wildman–Crippen LogP) is 3.91. The van der Waals surface area contributed by atoms with Crippen LogP contribution in [0.3, 0.4) is 0 Å². The lowest BCUT2D eigenvalue weighted by molar-refractivity contribution is -0.127. The first kappa shape index (κ1) is 19.2. The maximum absolute atomic E-state index is 12.9. The summed E-state index contributed by atoms with van der Waals surface area (Å²) in [4.78, 5) is 24.2. The molecule has 0 radical (unpaired) electrons. The van der Waals surface area contributed by atoms with Gasteiger partial charge in [-0.3, -0.25) is 14.7 Å². The van der Waals surface area contributed by atoms with Gasteiger partial charge in [-0.2, -0.15) is 11.3 Å². The van der Waals surface area contributed by atoms with E-state index in [0.29, 0.717) is 0 Å². The maximum Gasteiger partial charge on any atom is 0.223 e. The average molecular weight is 413 g/mol. The number of nitrogens with one attached hydrogen (secondary N) is 1. The van der Waals surface area contributed by atoms with Crippen LogP contribution in [0.1, 0.15) is 35.1 Å². The van der Waals surface area contributed by atoms with E-state index in [-0.39, 0.29) is 17.9 Å². The number of thiophene rings is 1. The third-order valence-corrected chi connectivity index (χ3v) is 6.78. The molecule has 1 saturated heterocycles. The number of nitrogens with zero attached hydrogens (tertiary/aromatic N) is 3. The summed E-state index contributed by atoms with van der Waals surface area (Å²) >= 11 is 3.29. The fraction of sp³-hybridized carbons (Fsp3) is 0.381. The van der Waals surface area contributed by atoms with Crippen LogP contribution in [0.2, 0.25) is 0 Å². The summed E-state index contributed by atoms with van der Waals surface area (Å²) in [6.45, 7) is 2.72. The zero-order valence-electron chi connectivity index (χ0n) is 15.7. The van der Waals surface area contributed by atoms with Gasteiger partial charge in [0.05, 0.1) is 11.7 Å². The Bertz CT molecular complexity index is 844. The summed E-state index contributed by atoms with van der Waals surface area (Å²) < 4.78 is 0. The second-order valence-corrected chi connectivity index (χ2v) is 8.84. The van der Waals surface area contributed by atoms with Crippen LogP contribution in [0.5, 0.6) is 0 Å². The van der Waals surface area contributed by atoms with Gasteiger partial charge in [0, 0.05) is 36.7 Å². The summed E-state index contributed by atoms with van der Waals surface area (Å²) in [6.07, 6.45) is 6.22. The van der Waals surface area contributed by atoms with Crippen molar-refractivity contribution in [1.82, 2.24) is 20.2 Å². The molecule has 146 valence electrons. The van der Waals surface area contributed by atoms with Gasteiger partial charge in [0.1, 0.15) is 5.01 Å². The molecule has 0 aromatic carbocycles. The van der Waals surface area contributed by atoms with Crippen molar-refractivity contribution in [3.8, 4) is 0 Å². The Hall–Kier alpha value is -2.09. The quantitative estimate of drug-likeness (QED) is 0.639. The fourth-order valence-corrected chi connectivity index (χ4v) is 4.99. The summed E-state index contributed by atoms with van der Waals surface area (Å²) in [5.41, 5.74) is 2.33. The Morgan fingerprint density at radius 1 is 1.18 bits per heavy atom. The molecule has 1 fully saturated rings. The molecular formula is C21H24N4OS2. The molecule has 4 rings (SSSR count). The number of hydrogen-bond donors (Lipinski definition) is 1. The number of likely N-dealkylation sites (tertiary alicyclic amines) is 1. The molecule has 1 atom stereocenters. The van der Waals surface area contributed by atoms with E-state index >= 15 is 0 Å². The molecule has 1 N–H and O–H groups in total. The zero-order valence-corrected chi connectivity index (χ0v) is 17.3. The van der Waals surface area contributed by atoms with Crippen molar-refractivity contribution in [2.24, 2.45) is 5.92 Å². The SMILES string of the molecule is O=C(NC(Cc1ccsc1)c1nccs1)C1CCN(Cc2ccccn2)CC1. The van der Waals surface area contributed by atoms with Crippen LogP contribution in [0.25, 0.3) is 0 Å². The highest BCUT2D eigenvalue weighted by molar-refractivity contribution is 7.09. The van der Waals surface area contributed by atoms with Gasteiger partial charge in [0.15, 0.2) is 0 Å². The Kier molecular flexibility index (Phi) is 6.46. The second kappa shape index (κ2) is 9.41. The normalized spacial score (nSPS) is 16.7. The Morgan fingerprint density at radius 3 is 2.75 bits per heavy atom. The molecule has 28 heavy (non-hydrogen) atoms. The van der Waals surface area contributed by atoms with E-state index in [0.717, 1.165) is 49.6 Å². The molecule has 0 spiro atoms. The van der Waals surface area contributed by atoms with Crippen molar-refractivity contribution in [2.45, 2.75) is 31.8 Å².